The number of hydrogen-bond acceptors (Lipinski definition) is 3. The minimum Gasteiger partial charge on any atom is -0.313 e. The molecule has 1 aliphatic rings. The summed E-state index contributed by atoms with van der Waals surface area (Å²) in [5.74, 6) is 2.71. The third kappa shape index (κ3) is 6.77. The second-order valence-electron chi connectivity index (χ2n) is 5.52. The maximum absolute atomic E-state index is 3.77. The molecule has 1 rings (SSSR count). The number of nitrogens with one attached hydrogen (secondary N) is 1. The lowest BCUT2D eigenvalue weighted by molar-refractivity contribution is 0.441. The summed E-state index contributed by atoms with van der Waals surface area (Å²) >= 11 is 4.44. The van der Waals surface area contributed by atoms with Crippen LogP contribution in [0.2, 0.25) is 0 Å². The van der Waals surface area contributed by atoms with Gasteiger partial charge in [0, 0.05) is 28.0 Å². The Hall–Kier alpha value is 0.660. The molecule has 1 aliphatic heterocycles. The van der Waals surface area contributed by atoms with Crippen molar-refractivity contribution in [2.24, 2.45) is 0 Å². The quantitative estimate of drug-likeness (QED) is 0.573. The van der Waals surface area contributed by atoms with E-state index < -0.39 is 0 Å². The standard InChI is InChI=1S/C16H33NS2/c1-4-7-8-9-10-11-14(17-6-3)16-15(5-2)18-12-13-19-16/h14-17H,4-13H2,1-3H3. The van der Waals surface area contributed by atoms with Crippen molar-refractivity contribution < 1.29 is 0 Å². The molecule has 1 heterocycles. The predicted octanol–water partition coefficient (Wildman–Crippen LogP) is 4.95. The first-order chi connectivity index (χ1) is 9.33. The Balaban J connectivity index is 2.36. The number of thioether (sulfide) groups is 2. The van der Waals surface area contributed by atoms with Crippen molar-refractivity contribution in [3.63, 3.8) is 0 Å². The Bertz CT molecular complexity index is 211. The third-order valence-corrected chi connectivity index (χ3v) is 7.38. The smallest absolute Gasteiger partial charge is 0.0320 e. The van der Waals surface area contributed by atoms with E-state index in [9.17, 15) is 0 Å². The van der Waals surface area contributed by atoms with E-state index in [1.165, 1.54) is 56.5 Å². The fraction of sp³-hybridized carbons (Fsp3) is 1.00. The lowest BCUT2D eigenvalue weighted by Gasteiger charge is -2.36. The van der Waals surface area contributed by atoms with Crippen molar-refractivity contribution in [2.45, 2.75) is 82.3 Å². The van der Waals surface area contributed by atoms with Gasteiger partial charge in [-0.2, -0.15) is 23.5 Å². The normalized spacial score (nSPS) is 25.4. The summed E-state index contributed by atoms with van der Waals surface area (Å²) in [7, 11) is 0. The predicted molar refractivity (Wildman–Crippen MR) is 93.6 cm³/mol. The van der Waals surface area contributed by atoms with Crippen molar-refractivity contribution >= 4 is 23.5 Å². The highest BCUT2D eigenvalue weighted by Gasteiger charge is 2.31. The van der Waals surface area contributed by atoms with E-state index in [0.29, 0.717) is 0 Å². The molecule has 0 radical (unpaired) electrons. The maximum Gasteiger partial charge on any atom is 0.0320 e. The fourth-order valence-corrected chi connectivity index (χ4v) is 6.23. The highest BCUT2D eigenvalue weighted by Crippen LogP contribution is 2.36. The van der Waals surface area contributed by atoms with Crippen molar-refractivity contribution in [1.82, 2.24) is 5.32 Å². The second-order valence-corrected chi connectivity index (χ2v) is 8.15. The van der Waals surface area contributed by atoms with Crippen LogP contribution in [0.5, 0.6) is 0 Å². The van der Waals surface area contributed by atoms with E-state index in [2.05, 4.69) is 49.6 Å². The summed E-state index contributed by atoms with van der Waals surface area (Å²) < 4.78 is 0. The van der Waals surface area contributed by atoms with E-state index in [-0.39, 0.29) is 0 Å². The minimum absolute atomic E-state index is 0.745. The first-order valence-electron chi connectivity index (χ1n) is 8.30. The van der Waals surface area contributed by atoms with Crippen LogP contribution < -0.4 is 5.32 Å². The van der Waals surface area contributed by atoms with Crippen LogP contribution in [0.4, 0.5) is 0 Å². The van der Waals surface area contributed by atoms with Gasteiger partial charge in [-0.15, -0.1) is 0 Å². The summed E-state index contributed by atoms with van der Waals surface area (Å²) in [6, 6.07) is 0.745. The average molecular weight is 304 g/mol. The Kier molecular flexibility index (Phi) is 10.6. The Labute approximate surface area is 129 Å². The molecular weight excluding hydrogens is 270 g/mol. The van der Waals surface area contributed by atoms with Crippen LogP contribution in [0.1, 0.15) is 65.7 Å². The molecular formula is C16H33NS2. The summed E-state index contributed by atoms with van der Waals surface area (Å²) in [6.07, 6.45) is 9.75. The van der Waals surface area contributed by atoms with Gasteiger partial charge in [-0.25, -0.2) is 0 Å². The van der Waals surface area contributed by atoms with E-state index in [1.807, 2.05) is 0 Å². The van der Waals surface area contributed by atoms with Crippen LogP contribution in [0, 0.1) is 0 Å². The summed E-state index contributed by atoms with van der Waals surface area (Å²) in [6.45, 7) is 8.04. The number of unbranched alkanes of at least 4 members (excludes halogenated alkanes) is 4. The second kappa shape index (κ2) is 11.3. The fourth-order valence-electron chi connectivity index (χ4n) is 2.92. The molecule has 3 heteroatoms. The van der Waals surface area contributed by atoms with Gasteiger partial charge < -0.3 is 5.32 Å². The molecule has 1 nitrogen and oxygen atoms in total. The first-order valence-corrected chi connectivity index (χ1v) is 10.4. The molecule has 0 aliphatic carbocycles. The Morgan fingerprint density at radius 2 is 1.74 bits per heavy atom. The average Bonchev–Trinajstić information content (AvgIpc) is 2.46. The Morgan fingerprint density at radius 3 is 2.42 bits per heavy atom. The highest BCUT2D eigenvalue weighted by atomic mass is 32.2. The third-order valence-electron chi connectivity index (χ3n) is 3.98. The van der Waals surface area contributed by atoms with Gasteiger partial charge in [-0.3, -0.25) is 0 Å². The molecule has 0 bridgehead atoms. The molecule has 3 atom stereocenters. The highest BCUT2D eigenvalue weighted by molar-refractivity contribution is 8.07. The van der Waals surface area contributed by atoms with Gasteiger partial charge in [-0.05, 0) is 19.4 Å². The zero-order valence-corrected chi connectivity index (χ0v) is 14.8. The van der Waals surface area contributed by atoms with Crippen LogP contribution in [-0.2, 0) is 0 Å². The van der Waals surface area contributed by atoms with Gasteiger partial charge >= 0.3 is 0 Å². The first kappa shape index (κ1) is 17.7. The van der Waals surface area contributed by atoms with E-state index in [0.717, 1.165) is 23.1 Å². The van der Waals surface area contributed by atoms with Crippen LogP contribution in [-0.4, -0.2) is 34.6 Å². The molecule has 0 aromatic rings. The van der Waals surface area contributed by atoms with Crippen LogP contribution in [0.3, 0.4) is 0 Å². The van der Waals surface area contributed by atoms with Gasteiger partial charge in [0.2, 0.25) is 0 Å². The minimum atomic E-state index is 0.745. The molecule has 0 amide bonds. The summed E-state index contributed by atoms with van der Waals surface area (Å²) in [5, 5.41) is 5.49. The van der Waals surface area contributed by atoms with Crippen LogP contribution in [0.15, 0.2) is 0 Å². The van der Waals surface area contributed by atoms with Crippen molar-refractivity contribution in [3.05, 3.63) is 0 Å². The lowest BCUT2D eigenvalue weighted by atomic mass is 10.0. The molecule has 19 heavy (non-hydrogen) atoms. The molecule has 1 N–H and O–H groups in total. The summed E-state index contributed by atoms with van der Waals surface area (Å²) in [5.41, 5.74) is 0. The molecule has 0 aromatic heterocycles. The van der Waals surface area contributed by atoms with Crippen molar-refractivity contribution in [2.75, 3.05) is 18.1 Å². The van der Waals surface area contributed by atoms with Gasteiger partial charge in [0.1, 0.15) is 0 Å². The van der Waals surface area contributed by atoms with Gasteiger partial charge in [-0.1, -0.05) is 52.9 Å². The Morgan fingerprint density at radius 1 is 1.00 bits per heavy atom. The molecule has 0 saturated carbocycles. The van der Waals surface area contributed by atoms with Gasteiger partial charge in [0.05, 0.1) is 0 Å². The topological polar surface area (TPSA) is 12.0 Å². The zero-order valence-electron chi connectivity index (χ0n) is 13.1. The largest absolute Gasteiger partial charge is 0.313 e. The van der Waals surface area contributed by atoms with Crippen LogP contribution >= 0.6 is 23.5 Å². The van der Waals surface area contributed by atoms with E-state index in [4.69, 9.17) is 0 Å². The molecule has 0 spiro atoms. The van der Waals surface area contributed by atoms with Crippen molar-refractivity contribution in [1.29, 1.82) is 0 Å². The SMILES string of the molecule is CCCCCCCC(NCC)C1SCCSC1CC. The number of rotatable bonds is 10. The lowest BCUT2D eigenvalue weighted by Crippen LogP contribution is -2.45. The zero-order chi connectivity index (χ0) is 13.9. The molecule has 3 unspecified atom stereocenters. The van der Waals surface area contributed by atoms with E-state index >= 15 is 0 Å². The molecule has 1 saturated heterocycles. The molecule has 1 fully saturated rings. The van der Waals surface area contributed by atoms with Gasteiger partial charge in [0.15, 0.2) is 0 Å². The molecule has 114 valence electrons. The van der Waals surface area contributed by atoms with Crippen molar-refractivity contribution in [3.8, 4) is 0 Å². The van der Waals surface area contributed by atoms with Crippen LogP contribution in [0.25, 0.3) is 0 Å². The van der Waals surface area contributed by atoms with E-state index in [1.54, 1.807) is 0 Å². The molecule has 0 aromatic carbocycles. The summed E-state index contributed by atoms with van der Waals surface area (Å²) in [4.78, 5) is 0. The number of hydrogen-bond donors (Lipinski definition) is 1. The monoisotopic (exact) mass is 303 g/mol. The maximum atomic E-state index is 3.77. The van der Waals surface area contributed by atoms with Gasteiger partial charge in [0.25, 0.3) is 0 Å².